The first kappa shape index (κ1) is 21.4. The van der Waals surface area contributed by atoms with Gasteiger partial charge in [-0.2, -0.15) is 0 Å². The molecule has 164 valence electrons. The number of rotatable bonds is 6. The van der Waals surface area contributed by atoms with E-state index in [1.807, 2.05) is 47.2 Å². The predicted octanol–water partition coefficient (Wildman–Crippen LogP) is 3.73. The molecule has 0 spiro atoms. The van der Waals surface area contributed by atoms with Gasteiger partial charge in [0.25, 0.3) is 0 Å². The van der Waals surface area contributed by atoms with Gasteiger partial charge in [0, 0.05) is 45.5 Å². The van der Waals surface area contributed by atoms with Crippen LogP contribution in [0.4, 0.5) is 5.69 Å². The fourth-order valence-electron chi connectivity index (χ4n) is 4.84. The SMILES string of the molecule is CN(Cc1ccccc1N1CCCC1)C(=O)C1CCCN(C(=O)Cc2ccccc2)C1. The van der Waals surface area contributed by atoms with Gasteiger partial charge in [0.2, 0.25) is 11.8 Å². The van der Waals surface area contributed by atoms with Crippen LogP contribution in [0.15, 0.2) is 54.6 Å². The second-order valence-corrected chi connectivity index (χ2v) is 8.86. The topological polar surface area (TPSA) is 43.9 Å². The Morgan fingerprint density at radius 2 is 1.65 bits per heavy atom. The van der Waals surface area contributed by atoms with E-state index in [1.165, 1.54) is 24.1 Å². The van der Waals surface area contributed by atoms with Crippen molar-refractivity contribution >= 4 is 17.5 Å². The zero-order valence-corrected chi connectivity index (χ0v) is 18.5. The molecule has 2 aliphatic heterocycles. The third-order valence-corrected chi connectivity index (χ3v) is 6.54. The smallest absolute Gasteiger partial charge is 0.227 e. The predicted molar refractivity (Wildman–Crippen MR) is 124 cm³/mol. The molecule has 1 atom stereocenters. The summed E-state index contributed by atoms with van der Waals surface area (Å²) >= 11 is 0. The maximum absolute atomic E-state index is 13.2. The first-order valence-corrected chi connectivity index (χ1v) is 11.5. The number of amides is 2. The lowest BCUT2D eigenvalue weighted by molar-refractivity contribution is -0.140. The van der Waals surface area contributed by atoms with Crippen molar-refractivity contribution in [2.24, 2.45) is 5.92 Å². The van der Waals surface area contributed by atoms with Gasteiger partial charge in [-0.05, 0) is 42.9 Å². The summed E-state index contributed by atoms with van der Waals surface area (Å²) in [5.41, 5.74) is 3.48. The molecule has 5 nitrogen and oxygen atoms in total. The molecule has 2 aromatic carbocycles. The lowest BCUT2D eigenvalue weighted by atomic mass is 9.95. The van der Waals surface area contributed by atoms with Crippen molar-refractivity contribution in [3.05, 3.63) is 65.7 Å². The summed E-state index contributed by atoms with van der Waals surface area (Å²) in [7, 11) is 1.90. The van der Waals surface area contributed by atoms with Crippen LogP contribution in [-0.2, 0) is 22.6 Å². The Balaban J connectivity index is 1.37. The van der Waals surface area contributed by atoms with Crippen molar-refractivity contribution < 1.29 is 9.59 Å². The number of nitrogens with zero attached hydrogens (tertiary/aromatic N) is 3. The van der Waals surface area contributed by atoms with Crippen LogP contribution in [-0.4, -0.2) is 54.8 Å². The first-order valence-electron chi connectivity index (χ1n) is 11.5. The number of hydrogen-bond acceptors (Lipinski definition) is 3. The molecule has 2 aliphatic rings. The highest BCUT2D eigenvalue weighted by molar-refractivity contribution is 5.82. The number of hydrogen-bond donors (Lipinski definition) is 0. The van der Waals surface area contributed by atoms with E-state index in [-0.39, 0.29) is 17.7 Å². The molecule has 0 bridgehead atoms. The molecule has 4 rings (SSSR count). The Morgan fingerprint density at radius 1 is 0.935 bits per heavy atom. The average molecular weight is 420 g/mol. The van der Waals surface area contributed by atoms with Gasteiger partial charge in [0.15, 0.2) is 0 Å². The summed E-state index contributed by atoms with van der Waals surface area (Å²) in [6.07, 6.45) is 4.61. The Kier molecular flexibility index (Phi) is 6.90. The van der Waals surface area contributed by atoms with Gasteiger partial charge in [-0.1, -0.05) is 48.5 Å². The number of piperidine rings is 1. The molecule has 2 heterocycles. The largest absolute Gasteiger partial charge is 0.371 e. The van der Waals surface area contributed by atoms with Gasteiger partial charge in [-0.15, -0.1) is 0 Å². The lowest BCUT2D eigenvalue weighted by Gasteiger charge is -2.34. The standard InChI is InChI=1S/C26H33N3O2/c1-27(19-22-12-5-6-14-24(22)28-15-7-8-16-28)26(31)23-13-9-17-29(20-23)25(30)18-21-10-3-2-4-11-21/h2-6,10-12,14,23H,7-9,13,15-20H2,1H3. The zero-order valence-electron chi connectivity index (χ0n) is 18.5. The van der Waals surface area contributed by atoms with Gasteiger partial charge in [0.05, 0.1) is 12.3 Å². The molecule has 5 heteroatoms. The molecule has 0 aliphatic carbocycles. The molecule has 0 radical (unpaired) electrons. The van der Waals surface area contributed by atoms with Crippen molar-refractivity contribution in [3.8, 4) is 0 Å². The van der Waals surface area contributed by atoms with Crippen LogP contribution in [0.25, 0.3) is 0 Å². The Hall–Kier alpha value is -2.82. The van der Waals surface area contributed by atoms with Crippen LogP contribution in [0.1, 0.15) is 36.8 Å². The summed E-state index contributed by atoms with van der Waals surface area (Å²) in [6, 6.07) is 18.3. The van der Waals surface area contributed by atoms with Crippen molar-refractivity contribution in [2.45, 2.75) is 38.6 Å². The zero-order chi connectivity index (χ0) is 21.6. The molecule has 0 aromatic heterocycles. The van der Waals surface area contributed by atoms with E-state index in [0.717, 1.165) is 38.0 Å². The Morgan fingerprint density at radius 3 is 2.42 bits per heavy atom. The third kappa shape index (κ3) is 5.27. The van der Waals surface area contributed by atoms with Crippen molar-refractivity contribution in [1.29, 1.82) is 0 Å². The van der Waals surface area contributed by atoms with E-state index >= 15 is 0 Å². The highest BCUT2D eigenvalue weighted by atomic mass is 16.2. The number of likely N-dealkylation sites (tertiary alicyclic amines) is 1. The summed E-state index contributed by atoms with van der Waals surface area (Å²) < 4.78 is 0. The van der Waals surface area contributed by atoms with E-state index in [4.69, 9.17) is 0 Å². The van der Waals surface area contributed by atoms with E-state index in [0.29, 0.717) is 19.5 Å². The maximum atomic E-state index is 13.2. The summed E-state index contributed by atoms with van der Waals surface area (Å²) in [5.74, 6) is 0.150. The molecule has 2 saturated heterocycles. The minimum absolute atomic E-state index is 0.113. The fraction of sp³-hybridized carbons (Fsp3) is 0.462. The number of anilines is 1. The maximum Gasteiger partial charge on any atom is 0.227 e. The molecule has 0 N–H and O–H groups in total. The summed E-state index contributed by atoms with van der Waals surface area (Å²) in [5, 5.41) is 0. The summed E-state index contributed by atoms with van der Waals surface area (Å²) in [4.78, 5) is 32.2. The highest BCUT2D eigenvalue weighted by Crippen LogP contribution is 2.26. The van der Waals surface area contributed by atoms with Gasteiger partial charge in [0.1, 0.15) is 0 Å². The second-order valence-electron chi connectivity index (χ2n) is 8.86. The van der Waals surface area contributed by atoms with E-state index in [1.54, 1.807) is 0 Å². The minimum atomic E-state index is -0.113. The lowest BCUT2D eigenvalue weighted by Crippen LogP contribution is -2.46. The normalized spacial score (nSPS) is 18.8. The quantitative estimate of drug-likeness (QED) is 0.717. The number of carbonyl (C=O) groups excluding carboxylic acids is 2. The van der Waals surface area contributed by atoms with Crippen LogP contribution in [0.2, 0.25) is 0 Å². The number of para-hydroxylation sites is 1. The molecule has 0 saturated carbocycles. The monoisotopic (exact) mass is 419 g/mol. The summed E-state index contributed by atoms with van der Waals surface area (Å²) in [6.45, 7) is 4.07. The fourth-order valence-corrected chi connectivity index (χ4v) is 4.84. The van der Waals surface area contributed by atoms with Gasteiger partial charge >= 0.3 is 0 Å². The van der Waals surface area contributed by atoms with E-state index < -0.39 is 0 Å². The molecule has 1 unspecified atom stereocenters. The van der Waals surface area contributed by atoms with Crippen LogP contribution in [0.3, 0.4) is 0 Å². The van der Waals surface area contributed by atoms with Crippen LogP contribution >= 0.6 is 0 Å². The molecule has 2 fully saturated rings. The number of carbonyl (C=O) groups is 2. The second kappa shape index (κ2) is 9.99. The molecule has 31 heavy (non-hydrogen) atoms. The Bertz CT molecular complexity index is 893. The number of benzene rings is 2. The molecule has 2 amide bonds. The third-order valence-electron chi connectivity index (χ3n) is 6.54. The van der Waals surface area contributed by atoms with E-state index in [9.17, 15) is 9.59 Å². The van der Waals surface area contributed by atoms with Gasteiger partial charge in [-0.3, -0.25) is 9.59 Å². The molecule has 2 aromatic rings. The van der Waals surface area contributed by atoms with Crippen molar-refractivity contribution in [3.63, 3.8) is 0 Å². The van der Waals surface area contributed by atoms with Gasteiger partial charge in [-0.25, -0.2) is 0 Å². The van der Waals surface area contributed by atoms with Gasteiger partial charge < -0.3 is 14.7 Å². The van der Waals surface area contributed by atoms with Crippen LogP contribution < -0.4 is 4.90 Å². The van der Waals surface area contributed by atoms with Crippen LogP contribution in [0, 0.1) is 5.92 Å². The van der Waals surface area contributed by atoms with Crippen LogP contribution in [0.5, 0.6) is 0 Å². The van der Waals surface area contributed by atoms with Crippen molar-refractivity contribution in [2.75, 3.05) is 38.1 Å². The van der Waals surface area contributed by atoms with E-state index in [2.05, 4.69) is 29.2 Å². The highest BCUT2D eigenvalue weighted by Gasteiger charge is 2.30. The average Bonchev–Trinajstić information content (AvgIpc) is 3.34. The van der Waals surface area contributed by atoms with Crippen molar-refractivity contribution in [1.82, 2.24) is 9.80 Å². The minimum Gasteiger partial charge on any atom is -0.371 e. The first-order chi connectivity index (χ1) is 15.1. The Labute approximate surface area is 185 Å². The molecular weight excluding hydrogens is 386 g/mol. The molecular formula is C26H33N3O2.